The van der Waals surface area contributed by atoms with Gasteiger partial charge in [-0.3, -0.25) is 4.79 Å². The summed E-state index contributed by atoms with van der Waals surface area (Å²) >= 11 is 0. The zero-order valence-electron chi connectivity index (χ0n) is 17.2. The highest BCUT2D eigenvalue weighted by molar-refractivity contribution is 6.02. The first-order chi connectivity index (χ1) is 14.8. The molecule has 1 amide bonds. The lowest BCUT2D eigenvalue weighted by Gasteiger charge is -2.17. The highest BCUT2D eigenvalue weighted by Gasteiger charge is 2.51. The Morgan fingerprint density at radius 2 is 1.71 bits per heavy atom. The van der Waals surface area contributed by atoms with Crippen molar-refractivity contribution in [3.8, 4) is 16.9 Å². The van der Waals surface area contributed by atoms with Crippen molar-refractivity contribution in [2.24, 2.45) is 0 Å². The summed E-state index contributed by atoms with van der Waals surface area (Å²) in [6.07, 6.45) is 1.52. The summed E-state index contributed by atoms with van der Waals surface area (Å²) in [4.78, 5) is 24.2. The molecule has 5 nitrogen and oxygen atoms in total. The van der Waals surface area contributed by atoms with E-state index in [4.69, 9.17) is 9.84 Å². The lowest BCUT2D eigenvalue weighted by Crippen LogP contribution is -2.27. The van der Waals surface area contributed by atoms with E-state index in [1.54, 1.807) is 19.2 Å². The molecule has 1 aliphatic carbocycles. The molecule has 3 aromatic rings. The summed E-state index contributed by atoms with van der Waals surface area (Å²) in [6.45, 7) is 1.84. The molecule has 1 saturated carbocycles. The van der Waals surface area contributed by atoms with Gasteiger partial charge in [-0.25, -0.2) is 9.18 Å². The third kappa shape index (κ3) is 3.89. The molecule has 1 fully saturated rings. The average Bonchev–Trinajstić information content (AvgIpc) is 3.57. The van der Waals surface area contributed by atoms with Crippen LogP contribution in [0.1, 0.15) is 34.3 Å². The monoisotopic (exact) mass is 419 g/mol. The molecule has 0 aliphatic heterocycles. The Labute approximate surface area is 179 Å². The molecule has 0 saturated heterocycles. The van der Waals surface area contributed by atoms with Gasteiger partial charge >= 0.3 is 5.97 Å². The van der Waals surface area contributed by atoms with Gasteiger partial charge in [0, 0.05) is 11.3 Å². The molecule has 0 radical (unpaired) electrons. The van der Waals surface area contributed by atoms with Gasteiger partial charge in [0.25, 0.3) is 0 Å². The summed E-state index contributed by atoms with van der Waals surface area (Å²) in [5.74, 6) is -1.17. The number of ether oxygens (including phenoxy) is 1. The van der Waals surface area contributed by atoms with E-state index < -0.39 is 17.2 Å². The Hall–Kier alpha value is -3.67. The van der Waals surface area contributed by atoms with Crippen molar-refractivity contribution in [3.63, 3.8) is 0 Å². The van der Waals surface area contributed by atoms with Gasteiger partial charge in [0.2, 0.25) is 5.91 Å². The quantitative estimate of drug-likeness (QED) is 0.577. The summed E-state index contributed by atoms with van der Waals surface area (Å²) in [5.41, 5.74) is 2.53. The summed E-state index contributed by atoms with van der Waals surface area (Å²) in [7, 11) is 1.60. The van der Waals surface area contributed by atoms with E-state index in [0.717, 1.165) is 35.8 Å². The van der Waals surface area contributed by atoms with Crippen molar-refractivity contribution in [2.75, 3.05) is 12.4 Å². The van der Waals surface area contributed by atoms with Crippen molar-refractivity contribution in [1.29, 1.82) is 0 Å². The molecule has 6 heteroatoms. The fraction of sp³-hybridized carbons (Fsp3) is 0.200. The Morgan fingerprint density at radius 1 is 1.00 bits per heavy atom. The molecular weight excluding hydrogens is 397 g/mol. The lowest BCUT2D eigenvalue weighted by molar-refractivity contribution is -0.118. The predicted octanol–water partition coefficient (Wildman–Crippen LogP) is 5.18. The fourth-order valence-corrected chi connectivity index (χ4v) is 3.79. The number of carboxylic acids is 1. The number of hydrogen-bond acceptors (Lipinski definition) is 3. The normalized spacial score (nSPS) is 14.0. The Balaban J connectivity index is 1.60. The van der Waals surface area contributed by atoms with E-state index in [0.29, 0.717) is 11.3 Å². The SMILES string of the molecule is COc1ccc(C2(C(=O)Nc3ccc(C)c(-c4ccc(C(=O)O)cc4F)c3)CC2)cc1. The van der Waals surface area contributed by atoms with E-state index in [9.17, 15) is 14.0 Å². The lowest BCUT2D eigenvalue weighted by atomic mass is 9.94. The first-order valence-electron chi connectivity index (χ1n) is 9.94. The Morgan fingerprint density at radius 3 is 2.29 bits per heavy atom. The number of hydrogen-bond donors (Lipinski definition) is 2. The highest BCUT2D eigenvalue weighted by Crippen LogP contribution is 2.49. The molecule has 0 unspecified atom stereocenters. The molecule has 0 bridgehead atoms. The standard InChI is InChI=1S/C25H22FNO4/c1-15-3-7-18(14-21(15)20-10-4-16(23(28)29)13-22(20)26)27-24(30)25(11-12-25)17-5-8-19(31-2)9-6-17/h3-10,13-14H,11-12H2,1-2H3,(H,27,30)(H,28,29). The largest absolute Gasteiger partial charge is 0.497 e. The minimum Gasteiger partial charge on any atom is -0.497 e. The number of aryl methyl sites for hydroxylation is 1. The van der Waals surface area contributed by atoms with Crippen molar-refractivity contribution in [1.82, 2.24) is 0 Å². The van der Waals surface area contributed by atoms with Crippen molar-refractivity contribution in [3.05, 3.63) is 83.2 Å². The number of carbonyl (C=O) groups is 2. The van der Waals surface area contributed by atoms with E-state index in [1.165, 1.54) is 12.1 Å². The van der Waals surface area contributed by atoms with Crippen LogP contribution in [0.25, 0.3) is 11.1 Å². The van der Waals surface area contributed by atoms with Gasteiger partial charge in [0.1, 0.15) is 11.6 Å². The first-order valence-corrected chi connectivity index (χ1v) is 9.94. The van der Waals surface area contributed by atoms with Crippen molar-refractivity contribution in [2.45, 2.75) is 25.2 Å². The molecule has 0 atom stereocenters. The second-order valence-corrected chi connectivity index (χ2v) is 7.79. The van der Waals surface area contributed by atoms with Crippen LogP contribution in [0.15, 0.2) is 60.7 Å². The smallest absolute Gasteiger partial charge is 0.335 e. The van der Waals surface area contributed by atoms with Crippen LogP contribution in [0.2, 0.25) is 0 Å². The van der Waals surface area contributed by atoms with Crippen LogP contribution in [0.4, 0.5) is 10.1 Å². The van der Waals surface area contributed by atoms with E-state index in [1.807, 2.05) is 37.3 Å². The first kappa shape index (κ1) is 20.6. The van der Waals surface area contributed by atoms with Gasteiger partial charge in [0.15, 0.2) is 0 Å². The van der Waals surface area contributed by atoms with Crippen LogP contribution in [0.5, 0.6) is 5.75 Å². The van der Waals surface area contributed by atoms with Crippen LogP contribution in [-0.2, 0) is 10.2 Å². The second-order valence-electron chi connectivity index (χ2n) is 7.79. The fourth-order valence-electron chi connectivity index (χ4n) is 3.79. The van der Waals surface area contributed by atoms with E-state index in [2.05, 4.69) is 5.32 Å². The molecule has 31 heavy (non-hydrogen) atoms. The maximum atomic E-state index is 14.6. The summed E-state index contributed by atoms with van der Waals surface area (Å²) in [5, 5.41) is 12.0. The number of methoxy groups -OCH3 is 1. The average molecular weight is 419 g/mol. The molecule has 0 aromatic heterocycles. The van der Waals surface area contributed by atoms with Gasteiger partial charge in [-0.2, -0.15) is 0 Å². The zero-order valence-corrected chi connectivity index (χ0v) is 17.2. The van der Waals surface area contributed by atoms with E-state index >= 15 is 0 Å². The minimum atomic E-state index is -1.18. The van der Waals surface area contributed by atoms with Crippen molar-refractivity contribution < 1.29 is 23.8 Å². The highest BCUT2D eigenvalue weighted by atomic mass is 19.1. The van der Waals surface area contributed by atoms with Crippen LogP contribution in [0.3, 0.4) is 0 Å². The van der Waals surface area contributed by atoms with Crippen LogP contribution in [-0.4, -0.2) is 24.1 Å². The third-order valence-electron chi connectivity index (χ3n) is 5.83. The number of benzene rings is 3. The number of carboxylic acid groups (broad SMARTS) is 1. The second kappa shape index (κ2) is 7.87. The summed E-state index contributed by atoms with van der Waals surface area (Å²) in [6, 6.07) is 16.6. The number of carbonyl (C=O) groups excluding carboxylic acids is 1. The van der Waals surface area contributed by atoms with Crippen LogP contribution < -0.4 is 10.1 Å². The van der Waals surface area contributed by atoms with Crippen molar-refractivity contribution >= 4 is 17.6 Å². The van der Waals surface area contributed by atoms with Gasteiger partial charge in [-0.1, -0.05) is 24.3 Å². The third-order valence-corrected chi connectivity index (χ3v) is 5.83. The maximum Gasteiger partial charge on any atom is 0.335 e. The molecule has 3 aromatic carbocycles. The molecular formula is C25H22FNO4. The predicted molar refractivity (Wildman–Crippen MR) is 116 cm³/mol. The number of nitrogens with one attached hydrogen (secondary N) is 1. The van der Waals surface area contributed by atoms with Crippen LogP contribution >= 0.6 is 0 Å². The molecule has 158 valence electrons. The molecule has 1 aliphatic rings. The number of amides is 1. The topological polar surface area (TPSA) is 75.6 Å². The number of anilines is 1. The molecule has 2 N–H and O–H groups in total. The number of halogens is 1. The Kier molecular flexibility index (Phi) is 5.23. The van der Waals surface area contributed by atoms with Gasteiger partial charge in [-0.15, -0.1) is 0 Å². The zero-order chi connectivity index (χ0) is 22.2. The molecule has 0 heterocycles. The van der Waals surface area contributed by atoms with Gasteiger partial charge in [0.05, 0.1) is 18.1 Å². The van der Waals surface area contributed by atoms with E-state index in [-0.39, 0.29) is 17.0 Å². The molecule has 4 rings (SSSR count). The number of aromatic carboxylic acids is 1. The minimum absolute atomic E-state index is 0.103. The Bertz CT molecular complexity index is 1170. The summed E-state index contributed by atoms with van der Waals surface area (Å²) < 4.78 is 19.8. The van der Waals surface area contributed by atoms with Crippen LogP contribution in [0, 0.1) is 12.7 Å². The van der Waals surface area contributed by atoms with Gasteiger partial charge in [-0.05, 0) is 72.9 Å². The maximum absolute atomic E-state index is 14.6. The molecule has 0 spiro atoms. The number of rotatable bonds is 6. The van der Waals surface area contributed by atoms with Gasteiger partial charge < -0.3 is 15.2 Å².